The monoisotopic (exact) mass is 506 g/mol. The van der Waals surface area contributed by atoms with Crippen LogP contribution in [0.5, 0.6) is 11.5 Å². The lowest BCUT2D eigenvalue weighted by Crippen LogP contribution is -2.29. The van der Waals surface area contributed by atoms with E-state index in [1.165, 1.54) is 17.0 Å². The quantitative estimate of drug-likeness (QED) is 0.201. The van der Waals surface area contributed by atoms with Crippen molar-refractivity contribution in [2.24, 2.45) is 0 Å². The van der Waals surface area contributed by atoms with Crippen LogP contribution in [0.3, 0.4) is 0 Å². The molecule has 7 heteroatoms. The van der Waals surface area contributed by atoms with Crippen LogP contribution in [0.4, 0.5) is 0 Å². The van der Waals surface area contributed by atoms with Crippen molar-refractivity contribution in [3.8, 4) is 11.5 Å². The lowest BCUT2D eigenvalue weighted by molar-refractivity contribution is -0.140. The number of aliphatic hydroxyl groups is 1. The van der Waals surface area contributed by atoms with E-state index in [1.807, 2.05) is 25.1 Å². The van der Waals surface area contributed by atoms with Gasteiger partial charge in [-0.1, -0.05) is 42.0 Å². The number of rotatable bonds is 7. The van der Waals surface area contributed by atoms with Gasteiger partial charge in [0.05, 0.1) is 11.6 Å². The lowest BCUT2D eigenvalue weighted by Gasteiger charge is -2.25. The largest absolute Gasteiger partial charge is 0.508 e. The third kappa shape index (κ3) is 5.13. The van der Waals surface area contributed by atoms with E-state index in [-0.39, 0.29) is 23.6 Å². The zero-order chi connectivity index (χ0) is 26.6. The molecule has 0 radical (unpaired) electrons. The average Bonchev–Trinajstić information content (AvgIpc) is 3.18. The van der Waals surface area contributed by atoms with E-state index in [2.05, 4.69) is 11.1 Å². The number of nitrogens with zero attached hydrogens (tertiary/aromatic N) is 2. The third-order valence-electron chi connectivity index (χ3n) is 6.47. The standard InChI is InChI=1S/C31H26N2O5/c1-20-3-2-4-22(17-20)19-38-26-11-7-24(8-12-26)29(35)27-28(23-5-9-25(34)10-6-23)33(31(37)30(27)36)18-21-13-15-32-16-14-21/h2-17,28,34-35H,18-19H2,1H3/t28-/m0/s1. The number of carbonyl (C=O) groups excluding carboxylic acids is 2. The van der Waals surface area contributed by atoms with Crippen LogP contribution in [-0.4, -0.2) is 31.8 Å². The number of benzene rings is 3. The summed E-state index contributed by atoms with van der Waals surface area (Å²) in [6.45, 7) is 2.57. The van der Waals surface area contributed by atoms with E-state index in [0.717, 1.165) is 16.7 Å². The summed E-state index contributed by atoms with van der Waals surface area (Å²) in [5, 5.41) is 21.1. The Balaban J connectivity index is 1.47. The predicted octanol–water partition coefficient (Wildman–Crippen LogP) is 5.30. The van der Waals surface area contributed by atoms with Crippen molar-refractivity contribution < 1.29 is 24.5 Å². The summed E-state index contributed by atoms with van der Waals surface area (Å²) >= 11 is 0. The zero-order valence-electron chi connectivity index (χ0n) is 20.7. The number of amides is 1. The number of aryl methyl sites for hydroxylation is 1. The van der Waals surface area contributed by atoms with Gasteiger partial charge in [0.15, 0.2) is 0 Å². The summed E-state index contributed by atoms with van der Waals surface area (Å²) in [4.78, 5) is 31.8. The van der Waals surface area contributed by atoms with Crippen molar-refractivity contribution in [3.05, 3.63) is 131 Å². The number of phenolic OH excluding ortho intramolecular Hbond substituents is 1. The Hall–Kier alpha value is -4.91. The molecule has 1 saturated heterocycles. The zero-order valence-corrected chi connectivity index (χ0v) is 20.7. The van der Waals surface area contributed by atoms with Crippen LogP contribution in [0.2, 0.25) is 0 Å². The van der Waals surface area contributed by atoms with Crippen LogP contribution in [0, 0.1) is 6.92 Å². The maximum Gasteiger partial charge on any atom is 0.295 e. The van der Waals surface area contributed by atoms with Crippen molar-refractivity contribution in [1.82, 2.24) is 9.88 Å². The number of carbonyl (C=O) groups is 2. The van der Waals surface area contributed by atoms with Gasteiger partial charge in [-0.15, -0.1) is 0 Å². The first-order chi connectivity index (χ1) is 18.4. The molecule has 0 spiro atoms. The number of Topliss-reactive ketones (excluding diaryl/α,β-unsaturated/α-hetero) is 1. The number of ether oxygens (including phenoxy) is 1. The van der Waals surface area contributed by atoms with Crippen LogP contribution < -0.4 is 4.74 Å². The molecule has 0 bridgehead atoms. The molecule has 190 valence electrons. The molecular formula is C31H26N2O5. The summed E-state index contributed by atoms with van der Waals surface area (Å²) in [6, 6.07) is 23.7. The maximum absolute atomic E-state index is 13.2. The highest BCUT2D eigenvalue weighted by Gasteiger charge is 2.46. The molecule has 1 fully saturated rings. The molecule has 1 aliphatic rings. The van der Waals surface area contributed by atoms with Crippen LogP contribution in [0.25, 0.3) is 5.76 Å². The van der Waals surface area contributed by atoms with E-state index in [4.69, 9.17) is 4.74 Å². The van der Waals surface area contributed by atoms with Crippen molar-refractivity contribution in [2.75, 3.05) is 0 Å². The highest BCUT2D eigenvalue weighted by molar-refractivity contribution is 6.46. The Bertz CT molecular complexity index is 1500. The van der Waals surface area contributed by atoms with Crippen LogP contribution in [-0.2, 0) is 22.7 Å². The number of likely N-dealkylation sites (tertiary alicyclic amines) is 1. The first kappa shape index (κ1) is 24.8. The van der Waals surface area contributed by atoms with Gasteiger partial charge in [0.25, 0.3) is 11.7 Å². The number of phenols is 1. The average molecular weight is 507 g/mol. The number of ketones is 1. The van der Waals surface area contributed by atoms with Crippen LogP contribution in [0.15, 0.2) is 103 Å². The summed E-state index contributed by atoms with van der Waals surface area (Å²) in [5.74, 6) is -1.09. The van der Waals surface area contributed by atoms with E-state index in [0.29, 0.717) is 23.5 Å². The van der Waals surface area contributed by atoms with Crippen LogP contribution >= 0.6 is 0 Å². The van der Waals surface area contributed by atoms with Crippen LogP contribution in [0.1, 0.15) is 33.9 Å². The molecule has 3 aromatic carbocycles. The number of aromatic nitrogens is 1. The second kappa shape index (κ2) is 10.6. The first-order valence-electron chi connectivity index (χ1n) is 12.2. The molecule has 4 aromatic rings. The Labute approximate surface area is 220 Å². The van der Waals surface area contributed by atoms with Crippen molar-refractivity contribution in [2.45, 2.75) is 26.1 Å². The van der Waals surface area contributed by atoms with Crippen molar-refractivity contribution in [1.29, 1.82) is 0 Å². The molecule has 1 aromatic heterocycles. The number of pyridine rings is 1. The minimum absolute atomic E-state index is 0.0109. The fourth-order valence-corrected chi connectivity index (χ4v) is 4.56. The van der Waals surface area contributed by atoms with Gasteiger partial charge in [0.2, 0.25) is 0 Å². The van der Waals surface area contributed by atoms with E-state index in [9.17, 15) is 19.8 Å². The number of aliphatic hydroxyl groups excluding tert-OH is 1. The molecular weight excluding hydrogens is 480 g/mol. The molecule has 2 heterocycles. The molecule has 2 N–H and O–H groups in total. The Morgan fingerprint density at radius 2 is 1.63 bits per heavy atom. The SMILES string of the molecule is Cc1cccc(COc2ccc(C(O)=C3C(=O)C(=O)N(Cc4ccncc4)[C@H]3c3ccc(O)cc3)cc2)c1. The minimum Gasteiger partial charge on any atom is -0.508 e. The fraction of sp³-hybridized carbons (Fsp3) is 0.129. The first-order valence-corrected chi connectivity index (χ1v) is 12.2. The Kier molecular flexibility index (Phi) is 6.91. The van der Waals surface area contributed by atoms with Gasteiger partial charge in [0.1, 0.15) is 23.9 Å². The lowest BCUT2D eigenvalue weighted by atomic mass is 9.95. The molecule has 5 rings (SSSR count). The van der Waals surface area contributed by atoms with Gasteiger partial charge < -0.3 is 19.8 Å². The number of hydrogen-bond acceptors (Lipinski definition) is 6. The molecule has 0 saturated carbocycles. The van der Waals surface area contributed by atoms with Gasteiger partial charge in [-0.25, -0.2) is 0 Å². The Morgan fingerprint density at radius 1 is 0.921 bits per heavy atom. The minimum atomic E-state index is -0.832. The highest BCUT2D eigenvalue weighted by atomic mass is 16.5. The second-order valence-electron chi connectivity index (χ2n) is 9.18. The van der Waals surface area contributed by atoms with Gasteiger partial charge >= 0.3 is 0 Å². The summed E-state index contributed by atoms with van der Waals surface area (Å²) in [5.41, 5.74) is 3.95. The summed E-state index contributed by atoms with van der Waals surface area (Å²) in [6.07, 6.45) is 3.23. The Morgan fingerprint density at radius 3 is 2.32 bits per heavy atom. The molecule has 0 unspecified atom stereocenters. The smallest absolute Gasteiger partial charge is 0.295 e. The van der Waals surface area contributed by atoms with Gasteiger partial charge in [-0.3, -0.25) is 14.6 Å². The molecule has 1 aliphatic heterocycles. The summed E-state index contributed by atoms with van der Waals surface area (Å²) < 4.78 is 5.87. The molecule has 7 nitrogen and oxygen atoms in total. The second-order valence-corrected chi connectivity index (χ2v) is 9.18. The number of hydrogen-bond donors (Lipinski definition) is 2. The molecule has 0 aliphatic carbocycles. The van der Waals surface area contributed by atoms with Gasteiger partial charge in [0, 0.05) is 24.5 Å². The molecule has 1 atom stereocenters. The number of aromatic hydroxyl groups is 1. The van der Waals surface area contributed by atoms with Gasteiger partial charge in [-0.2, -0.15) is 0 Å². The summed E-state index contributed by atoms with van der Waals surface area (Å²) in [7, 11) is 0. The normalized spacial score (nSPS) is 16.6. The highest BCUT2D eigenvalue weighted by Crippen LogP contribution is 2.40. The van der Waals surface area contributed by atoms with E-state index in [1.54, 1.807) is 60.9 Å². The van der Waals surface area contributed by atoms with E-state index >= 15 is 0 Å². The van der Waals surface area contributed by atoms with E-state index < -0.39 is 17.7 Å². The predicted molar refractivity (Wildman–Crippen MR) is 142 cm³/mol. The third-order valence-corrected chi connectivity index (χ3v) is 6.47. The topological polar surface area (TPSA) is 100.0 Å². The molecule has 1 amide bonds. The fourth-order valence-electron chi connectivity index (χ4n) is 4.56. The van der Waals surface area contributed by atoms with Gasteiger partial charge in [-0.05, 0) is 72.1 Å². The molecule has 38 heavy (non-hydrogen) atoms. The maximum atomic E-state index is 13.2. The van der Waals surface area contributed by atoms with Crippen molar-refractivity contribution >= 4 is 17.4 Å². The van der Waals surface area contributed by atoms with Crippen molar-refractivity contribution in [3.63, 3.8) is 0 Å².